The molecule has 0 aliphatic carbocycles. The summed E-state index contributed by atoms with van der Waals surface area (Å²) in [5, 5.41) is 8.35. The smallest absolute Gasteiger partial charge is 0.368 e. The number of rotatable bonds is 8. The lowest BCUT2D eigenvalue weighted by Gasteiger charge is -2.03. The van der Waals surface area contributed by atoms with Gasteiger partial charge in [-0.1, -0.05) is 33.1 Å². The summed E-state index contributed by atoms with van der Waals surface area (Å²) >= 11 is 4.71. The molecule has 0 aliphatic heterocycles. The summed E-state index contributed by atoms with van der Waals surface area (Å²) in [5.74, 6) is -0.0209. The van der Waals surface area contributed by atoms with Crippen molar-refractivity contribution in [1.82, 2.24) is 0 Å². The first-order valence-electron chi connectivity index (χ1n) is 5.09. The summed E-state index contributed by atoms with van der Waals surface area (Å²) in [4.78, 5) is 10.6. The molecule has 0 bridgehead atoms. The highest BCUT2D eigenvalue weighted by Gasteiger charge is 2.25. The maximum atomic E-state index is 10.6. The summed E-state index contributed by atoms with van der Waals surface area (Å²) in [6.45, 7) is 4.41. The Bertz CT molecular complexity index is 181. The van der Waals surface area contributed by atoms with Gasteiger partial charge in [-0.15, -0.1) is 0 Å². The molecule has 4 heteroatoms. The Morgan fingerprint density at radius 1 is 1.29 bits per heavy atom. The van der Waals surface area contributed by atoms with E-state index in [1.165, 1.54) is 12.8 Å². The van der Waals surface area contributed by atoms with E-state index in [0.29, 0.717) is 6.42 Å². The SMILES string of the molecule is CC(C)CCCCCC([S+]=S)C(=O)O. The van der Waals surface area contributed by atoms with Crippen LogP contribution in [0.15, 0.2) is 0 Å². The van der Waals surface area contributed by atoms with Crippen LogP contribution in [0.5, 0.6) is 0 Å². The Hall–Kier alpha value is -0.0900. The van der Waals surface area contributed by atoms with Gasteiger partial charge < -0.3 is 5.11 Å². The third-order valence-corrected chi connectivity index (χ3v) is 3.51. The van der Waals surface area contributed by atoms with Gasteiger partial charge in [0.15, 0.2) is 0 Å². The molecule has 0 heterocycles. The predicted molar refractivity (Wildman–Crippen MR) is 64.1 cm³/mol. The van der Waals surface area contributed by atoms with Crippen LogP contribution in [0.4, 0.5) is 0 Å². The second kappa shape index (κ2) is 8.24. The Balaban J connectivity index is 3.43. The van der Waals surface area contributed by atoms with E-state index >= 15 is 0 Å². The summed E-state index contributed by atoms with van der Waals surface area (Å²) in [7, 11) is 1.03. The first kappa shape index (κ1) is 13.9. The topological polar surface area (TPSA) is 37.3 Å². The second-order valence-electron chi connectivity index (χ2n) is 3.95. The molecule has 14 heavy (non-hydrogen) atoms. The van der Waals surface area contributed by atoms with E-state index in [0.717, 1.165) is 29.1 Å². The number of carboxylic acids is 1. The quantitative estimate of drug-likeness (QED) is 0.519. The van der Waals surface area contributed by atoms with Crippen LogP contribution in [0, 0.1) is 5.92 Å². The molecule has 0 amide bonds. The fourth-order valence-electron chi connectivity index (χ4n) is 1.27. The van der Waals surface area contributed by atoms with Gasteiger partial charge in [-0.25, -0.2) is 4.79 Å². The van der Waals surface area contributed by atoms with Gasteiger partial charge in [0.05, 0.1) is 0 Å². The fourth-order valence-corrected chi connectivity index (χ4v) is 2.15. The van der Waals surface area contributed by atoms with Crippen molar-refractivity contribution >= 4 is 27.5 Å². The third kappa shape index (κ3) is 7.33. The Labute approximate surface area is 94.7 Å². The molecule has 1 unspecified atom stereocenters. The zero-order valence-corrected chi connectivity index (χ0v) is 10.5. The maximum absolute atomic E-state index is 10.6. The van der Waals surface area contributed by atoms with Crippen molar-refractivity contribution in [1.29, 1.82) is 0 Å². The van der Waals surface area contributed by atoms with Crippen LogP contribution in [0.1, 0.15) is 46.0 Å². The van der Waals surface area contributed by atoms with Crippen LogP contribution in [-0.4, -0.2) is 16.3 Å². The van der Waals surface area contributed by atoms with Crippen molar-refractivity contribution in [2.75, 3.05) is 0 Å². The molecule has 2 nitrogen and oxygen atoms in total. The van der Waals surface area contributed by atoms with E-state index in [9.17, 15) is 4.79 Å². The molecular formula is C10H19O2S2+. The predicted octanol–water partition coefficient (Wildman–Crippen LogP) is 2.59. The highest BCUT2D eigenvalue weighted by Crippen LogP contribution is 2.11. The Morgan fingerprint density at radius 2 is 1.86 bits per heavy atom. The van der Waals surface area contributed by atoms with Crippen LogP contribution in [0.3, 0.4) is 0 Å². The first-order valence-corrected chi connectivity index (χ1v) is 6.89. The van der Waals surface area contributed by atoms with E-state index in [-0.39, 0.29) is 5.25 Å². The van der Waals surface area contributed by atoms with Crippen LogP contribution in [0.25, 0.3) is 0 Å². The molecule has 0 spiro atoms. The molecular weight excluding hydrogens is 216 g/mol. The van der Waals surface area contributed by atoms with E-state index in [2.05, 4.69) is 13.8 Å². The molecule has 82 valence electrons. The standard InChI is InChI=1S/C10H18O2S2/c1-8(2)6-4-3-5-7-9(14-13)10(11)12/h8-9H,3-7H2,1-2H3/p+1. The van der Waals surface area contributed by atoms with E-state index in [4.69, 9.17) is 16.3 Å². The van der Waals surface area contributed by atoms with Gasteiger partial charge in [0.2, 0.25) is 0 Å². The first-order chi connectivity index (χ1) is 6.57. The lowest BCUT2D eigenvalue weighted by atomic mass is 10.0. The monoisotopic (exact) mass is 235 g/mol. The molecule has 0 aliphatic rings. The number of hydrogen-bond acceptors (Lipinski definition) is 2. The average molecular weight is 235 g/mol. The minimum atomic E-state index is -0.770. The zero-order valence-electron chi connectivity index (χ0n) is 8.86. The van der Waals surface area contributed by atoms with Gasteiger partial charge in [0.25, 0.3) is 26.8 Å². The van der Waals surface area contributed by atoms with Crippen molar-refractivity contribution < 1.29 is 9.90 Å². The molecule has 0 aromatic carbocycles. The van der Waals surface area contributed by atoms with Gasteiger partial charge in [0, 0.05) is 6.42 Å². The lowest BCUT2D eigenvalue weighted by molar-refractivity contribution is -0.136. The van der Waals surface area contributed by atoms with Crippen LogP contribution in [-0.2, 0) is 26.3 Å². The van der Waals surface area contributed by atoms with Gasteiger partial charge in [-0.3, -0.25) is 0 Å². The molecule has 0 aromatic rings. The number of carboxylic acid groups (broad SMARTS) is 1. The molecule has 0 rings (SSSR count). The van der Waals surface area contributed by atoms with E-state index < -0.39 is 5.97 Å². The van der Waals surface area contributed by atoms with Crippen molar-refractivity contribution in [2.24, 2.45) is 5.92 Å². The molecule has 1 atom stereocenters. The lowest BCUT2D eigenvalue weighted by Crippen LogP contribution is -2.18. The second-order valence-corrected chi connectivity index (χ2v) is 5.29. The zero-order chi connectivity index (χ0) is 11.0. The number of carbonyl (C=O) groups is 1. The van der Waals surface area contributed by atoms with Gasteiger partial charge >= 0.3 is 5.97 Å². The van der Waals surface area contributed by atoms with E-state index in [1.54, 1.807) is 0 Å². The van der Waals surface area contributed by atoms with Crippen LogP contribution < -0.4 is 0 Å². The summed E-state index contributed by atoms with van der Waals surface area (Å²) in [6.07, 6.45) is 5.25. The van der Waals surface area contributed by atoms with Crippen molar-refractivity contribution in [2.45, 2.75) is 51.2 Å². The highest BCUT2D eigenvalue weighted by atomic mass is 32.8. The number of unbranched alkanes of at least 4 members (excludes halogenated alkanes) is 2. The van der Waals surface area contributed by atoms with Gasteiger partial charge in [0.1, 0.15) is 0 Å². The number of aliphatic carboxylic acids is 1. The summed E-state index contributed by atoms with van der Waals surface area (Å²) in [6, 6.07) is 0. The normalized spacial score (nSPS) is 12.8. The molecule has 0 radical (unpaired) electrons. The van der Waals surface area contributed by atoms with Gasteiger partial charge in [-0.2, -0.15) is 0 Å². The maximum Gasteiger partial charge on any atom is 0.368 e. The third-order valence-electron chi connectivity index (χ3n) is 2.14. The van der Waals surface area contributed by atoms with Crippen molar-refractivity contribution in [3.8, 4) is 0 Å². The molecule has 1 N–H and O–H groups in total. The van der Waals surface area contributed by atoms with Gasteiger partial charge in [-0.05, 0) is 12.3 Å². The van der Waals surface area contributed by atoms with Crippen LogP contribution >= 0.6 is 0 Å². The minimum Gasteiger partial charge on any atom is -0.477 e. The fraction of sp³-hybridized carbons (Fsp3) is 0.900. The molecule has 0 saturated carbocycles. The molecule has 0 aromatic heterocycles. The number of hydrogen-bond donors (Lipinski definition) is 1. The van der Waals surface area contributed by atoms with Crippen LogP contribution in [0.2, 0.25) is 0 Å². The Morgan fingerprint density at radius 3 is 2.29 bits per heavy atom. The Kier molecular flexibility index (Phi) is 8.18. The highest BCUT2D eigenvalue weighted by molar-refractivity contribution is 8.18. The molecule has 0 saturated heterocycles. The molecule has 0 fully saturated rings. The largest absolute Gasteiger partial charge is 0.477 e. The summed E-state index contributed by atoms with van der Waals surface area (Å²) in [5.41, 5.74) is 0. The summed E-state index contributed by atoms with van der Waals surface area (Å²) < 4.78 is 0. The van der Waals surface area contributed by atoms with E-state index in [1.807, 2.05) is 0 Å². The minimum absolute atomic E-state index is 0.385. The van der Waals surface area contributed by atoms with Crippen molar-refractivity contribution in [3.63, 3.8) is 0 Å². The average Bonchev–Trinajstić information content (AvgIpc) is 2.10. The van der Waals surface area contributed by atoms with Crippen molar-refractivity contribution in [3.05, 3.63) is 0 Å².